The Labute approximate surface area is 155 Å². The van der Waals surface area contributed by atoms with Crippen molar-refractivity contribution in [2.45, 2.75) is 0 Å². The van der Waals surface area contributed by atoms with Crippen molar-refractivity contribution in [3.05, 3.63) is 58.6 Å². The fourth-order valence-electron chi connectivity index (χ4n) is 2.08. The number of carbonyl (C=O) groups excluding carboxylic acids is 1. The number of methoxy groups -OCH3 is 2. The van der Waals surface area contributed by atoms with Gasteiger partial charge in [0.1, 0.15) is 19.0 Å². The summed E-state index contributed by atoms with van der Waals surface area (Å²) in [7, 11) is 3.11. The molecule has 2 aromatic carbocycles. The Bertz CT molecular complexity index is 725. The minimum atomic E-state index is -0.454. The van der Waals surface area contributed by atoms with Gasteiger partial charge < -0.3 is 18.9 Å². The molecule has 0 aromatic heterocycles. The molecular weight excluding hydrogens is 388 g/mol. The van der Waals surface area contributed by atoms with Crippen LogP contribution >= 0.6 is 15.9 Å². The zero-order valence-electron chi connectivity index (χ0n) is 14.0. The van der Waals surface area contributed by atoms with Crippen LogP contribution in [-0.2, 0) is 9.53 Å². The van der Waals surface area contributed by atoms with Crippen molar-refractivity contribution in [1.82, 2.24) is 0 Å². The van der Waals surface area contributed by atoms with Gasteiger partial charge in [-0.3, -0.25) is 0 Å². The summed E-state index contributed by atoms with van der Waals surface area (Å²) in [4.78, 5) is 11.8. The van der Waals surface area contributed by atoms with Crippen molar-refractivity contribution in [3.8, 4) is 17.2 Å². The Morgan fingerprint density at radius 3 is 2.48 bits per heavy atom. The molecule has 0 saturated heterocycles. The molecule has 0 N–H and O–H groups in total. The molecule has 6 heteroatoms. The van der Waals surface area contributed by atoms with E-state index >= 15 is 0 Å². The SMILES string of the molecule is COc1cccc(/C=C/C(=O)OCCOc2ccc(Br)cc2)c1OC. The molecule has 132 valence electrons. The topological polar surface area (TPSA) is 54.0 Å². The third-order valence-electron chi connectivity index (χ3n) is 3.24. The van der Waals surface area contributed by atoms with E-state index in [4.69, 9.17) is 18.9 Å². The van der Waals surface area contributed by atoms with E-state index in [0.29, 0.717) is 11.5 Å². The Morgan fingerprint density at radius 2 is 1.80 bits per heavy atom. The van der Waals surface area contributed by atoms with Crippen LogP contribution < -0.4 is 14.2 Å². The minimum absolute atomic E-state index is 0.161. The lowest BCUT2D eigenvalue weighted by atomic mass is 10.1. The number of ether oxygens (including phenoxy) is 4. The van der Waals surface area contributed by atoms with E-state index in [0.717, 1.165) is 15.8 Å². The van der Waals surface area contributed by atoms with Crippen molar-refractivity contribution in [3.63, 3.8) is 0 Å². The highest BCUT2D eigenvalue weighted by atomic mass is 79.9. The maximum Gasteiger partial charge on any atom is 0.330 e. The molecule has 0 aliphatic carbocycles. The maximum atomic E-state index is 11.8. The van der Waals surface area contributed by atoms with Crippen molar-refractivity contribution in [2.75, 3.05) is 27.4 Å². The third kappa shape index (κ3) is 5.83. The molecule has 0 unspecified atom stereocenters. The number of rotatable bonds is 8. The second-order valence-electron chi connectivity index (χ2n) is 4.89. The monoisotopic (exact) mass is 406 g/mol. The van der Waals surface area contributed by atoms with Crippen molar-refractivity contribution in [2.24, 2.45) is 0 Å². The lowest BCUT2D eigenvalue weighted by Crippen LogP contribution is -2.10. The van der Waals surface area contributed by atoms with Gasteiger partial charge in [-0.2, -0.15) is 0 Å². The fraction of sp³-hybridized carbons (Fsp3) is 0.211. The van der Waals surface area contributed by atoms with Crippen LogP contribution in [0.25, 0.3) is 6.08 Å². The second-order valence-corrected chi connectivity index (χ2v) is 5.80. The summed E-state index contributed by atoms with van der Waals surface area (Å²) in [5.74, 6) is 1.42. The van der Waals surface area contributed by atoms with Gasteiger partial charge in [0.15, 0.2) is 11.5 Å². The van der Waals surface area contributed by atoms with Crippen molar-refractivity contribution < 1.29 is 23.7 Å². The van der Waals surface area contributed by atoms with E-state index in [1.165, 1.54) is 6.08 Å². The predicted molar refractivity (Wildman–Crippen MR) is 99.2 cm³/mol. The number of halogens is 1. The number of hydrogen-bond donors (Lipinski definition) is 0. The van der Waals surface area contributed by atoms with Crippen LogP contribution in [0.15, 0.2) is 53.0 Å². The predicted octanol–water partition coefficient (Wildman–Crippen LogP) is 4.10. The highest BCUT2D eigenvalue weighted by Crippen LogP contribution is 2.31. The molecule has 25 heavy (non-hydrogen) atoms. The average molecular weight is 407 g/mol. The Morgan fingerprint density at radius 1 is 1.04 bits per heavy atom. The maximum absolute atomic E-state index is 11.8. The van der Waals surface area contributed by atoms with Gasteiger partial charge in [-0.15, -0.1) is 0 Å². The van der Waals surface area contributed by atoms with Gasteiger partial charge in [-0.05, 0) is 36.4 Å². The second kappa shape index (κ2) is 9.74. The smallest absolute Gasteiger partial charge is 0.330 e. The molecule has 0 saturated carbocycles. The molecule has 5 nitrogen and oxygen atoms in total. The highest BCUT2D eigenvalue weighted by molar-refractivity contribution is 9.10. The average Bonchev–Trinajstić information content (AvgIpc) is 2.64. The molecule has 0 bridgehead atoms. The molecule has 0 aliphatic rings. The first-order valence-corrected chi connectivity index (χ1v) is 8.37. The Kier molecular flexibility index (Phi) is 7.35. The quantitative estimate of drug-likeness (QED) is 0.375. The molecule has 2 rings (SSSR count). The zero-order valence-corrected chi connectivity index (χ0v) is 15.6. The standard InChI is InChI=1S/C19H19BrO5/c1-22-17-5-3-4-14(19(17)23-2)6-11-18(21)25-13-12-24-16-9-7-15(20)8-10-16/h3-11H,12-13H2,1-2H3/b11-6+. The van der Waals surface area contributed by atoms with E-state index in [2.05, 4.69) is 15.9 Å². The number of esters is 1. The van der Waals surface area contributed by atoms with E-state index in [-0.39, 0.29) is 13.2 Å². The van der Waals surface area contributed by atoms with Crippen LogP contribution in [0.5, 0.6) is 17.2 Å². The minimum Gasteiger partial charge on any atom is -0.493 e. The molecule has 0 radical (unpaired) electrons. The normalized spacial score (nSPS) is 10.5. The van der Waals surface area contributed by atoms with Gasteiger partial charge in [0.25, 0.3) is 0 Å². The summed E-state index contributed by atoms with van der Waals surface area (Å²) >= 11 is 3.35. The number of benzene rings is 2. The van der Waals surface area contributed by atoms with Crippen LogP contribution in [0.2, 0.25) is 0 Å². The van der Waals surface area contributed by atoms with Crippen LogP contribution in [0.4, 0.5) is 0 Å². The van der Waals surface area contributed by atoms with E-state index in [1.54, 1.807) is 26.4 Å². The van der Waals surface area contributed by atoms with E-state index in [9.17, 15) is 4.79 Å². The first-order chi connectivity index (χ1) is 12.1. The molecule has 0 amide bonds. The largest absolute Gasteiger partial charge is 0.493 e. The molecule has 0 atom stereocenters. The van der Waals surface area contributed by atoms with Gasteiger partial charge in [0.05, 0.1) is 14.2 Å². The van der Waals surface area contributed by atoms with Crippen LogP contribution in [0, 0.1) is 0 Å². The summed E-state index contributed by atoms with van der Waals surface area (Å²) in [6, 6.07) is 12.9. The summed E-state index contributed by atoms with van der Waals surface area (Å²) < 4.78 is 22.1. The summed E-state index contributed by atoms with van der Waals surface area (Å²) in [6.45, 7) is 0.443. The first kappa shape index (κ1) is 18.9. The summed E-state index contributed by atoms with van der Waals surface area (Å²) in [5.41, 5.74) is 0.727. The number of carbonyl (C=O) groups is 1. The molecule has 0 spiro atoms. The third-order valence-corrected chi connectivity index (χ3v) is 3.77. The summed E-state index contributed by atoms with van der Waals surface area (Å²) in [6.07, 6.45) is 2.97. The lowest BCUT2D eigenvalue weighted by molar-refractivity contribution is -0.138. The summed E-state index contributed by atoms with van der Waals surface area (Å²) in [5, 5.41) is 0. The molecule has 2 aromatic rings. The van der Waals surface area contributed by atoms with Gasteiger partial charge in [0, 0.05) is 16.1 Å². The Hall–Kier alpha value is -2.47. The molecule has 0 heterocycles. The van der Waals surface area contributed by atoms with E-state index in [1.807, 2.05) is 36.4 Å². The van der Waals surface area contributed by atoms with Crippen molar-refractivity contribution in [1.29, 1.82) is 0 Å². The van der Waals surface area contributed by atoms with Crippen molar-refractivity contribution >= 4 is 28.0 Å². The fourth-order valence-corrected chi connectivity index (χ4v) is 2.35. The van der Waals surface area contributed by atoms with Crippen LogP contribution in [0.1, 0.15) is 5.56 Å². The molecular formula is C19H19BrO5. The number of para-hydroxylation sites is 1. The first-order valence-electron chi connectivity index (χ1n) is 7.58. The zero-order chi connectivity index (χ0) is 18.1. The van der Waals surface area contributed by atoms with Gasteiger partial charge in [-0.1, -0.05) is 28.1 Å². The molecule has 0 aliphatic heterocycles. The molecule has 0 fully saturated rings. The van der Waals surface area contributed by atoms with E-state index < -0.39 is 5.97 Å². The van der Waals surface area contributed by atoms with Crippen LogP contribution in [0.3, 0.4) is 0 Å². The van der Waals surface area contributed by atoms with Gasteiger partial charge in [-0.25, -0.2) is 4.79 Å². The van der Waals surface area contributed by atoms with Gasteiger partial charge >= 0.3 is 5.97 Å². The number of hydrogen-bond acceptors (Lipinski definition) is 5. The highest BCUT2D eigenvalue weighted by Gasteiger charge is 2.07. The van der Waals surface area contributed by atoms with Gasteiger partial charge in [0.2, 0.25) is 0 Å². The lowest BCUT2D eigenvalue weighted by Gasteiger charge is -2.09. The Balaban J connectivity index is 1.82. The van der Waals surface area contributed by atoms with Crippen LogP contribution in [-0.4, -0.2) is 33.4 Å².